The summed E-state index contributed by atoms with van der Waals surface area (Å²) in [5.41, 5.74) is 4.02. The predicted octanol–water partition coefficient (Wildman–Crippen LogP) is 3.33. The number of nitroso groups, excluding NO2 is 1. The molecule has 0 radical (unpaired) electrons. The number of pyridine rings is 2. The number of benzene rings is 1. The number of hydrogen-bond acceptors (Lipinski definition) is 5. The SMILES string of the molecule is CC(=O)c1cc2n(c(=O)c1C)Cc1cc3cc(N=O)ccc3nc1-2. The van der Waals surface area contributed by atoms with Crippen molar-refractivity contribution in [3.8, 4) is 11.4 Å². The van der Waals surface area contributed by atoms with Gasteiger partial charge in [0.25, 0.3) is 5.56 Å². The van der Waals surface area contributed by atoms with E-state index in [-0.39, 0.29) is 11.3 Å². The van der Waals surface area contributed by atoms with E-state index in [0.29, 0.717) is 40.3 Å². The van der Waals surface area contributed by atoms with Crippen molar-refractivity contribution >= 4 is 22.4 Å². The van der Waals surface area contributed by atoms with Gasteiger partial charge in [-0.3, -0.25) is 9.59 Å². The monoisotopic (exact) mass is 319 g/mol. The van der Waals surface area contributed by atoms with Crippen molar-refractivity contribution in [2.75, 3.05) is 0 Å². The fourth-order valence-electron chi connectivity index (χ4n) is 3.25. The van der Waals surface area contributed by atoms with E-state index in [9.17, 15) is 14.5 Å². The maximum Gasteiger partial charge on any atom is 0.255 e. The minimum Gasteiger partial charge on any atom is -0.302 e. The Hall–Kier alpha value is -3.15. The maximum absolute atomic E-state index is 12.6. The number of rotatable bonds is 2. The Kier molecular flexibility index (Phi) is 2.96. The number of fused-ring (bicyclic) bond motifs is 4. The van der Waals surface area contributed by atoms with Gasteiger partial charge in [0, 0.05) is 22.1 Å². The molecule has 3 heterocycles. The van der Waals surface area contributed by atoms with Crippen molar-refractivity contribution in [2.24, 2.45) is 5.18 Å². The highest BCUT2D eigenvalue weighted by Gasteiger charge is 2.24. The van der Waals surface area contributed by atoms with E-state index < -0.39 is 0 Å². The minimum absolute atomic E-state index is 0.135. The van der Waals surface area contributed by atoms with Crippen LogP contribution in [0.2, 0.25) is 0 Å². The summed E-state index contributed by atoms with van der Waals surface area (Å²) in [4.78, 5) is 39.7. The minimum atomic E-state index is -0.171. The summed E-state index contributed by atoms with van der Waals surface area (Å²) in [5, 5.41) is 3.74. The van der Waals surface area contributed by atoms with Crippen LogP contribution in [0, 0.1) is 11.8 Å². The molecule has 1 aliphatic rings. The van der Waals surface area contributed by atoms with E-state index in [2.05, 4.69) is 10.2 Å². The summed E-state index contributed by atoms with van der Waals surface area (Å²) in [6.07, 6.45) is 0. The largest absolute Gasteiger partial charge is 0.302 e. The normalized spacial score (nSPS) is 12.1. The second kappa shape index (κ2) is 4.92. The van der Waals surface area contributed by atoms with Crippen LogP contribution >= 0.6 is 0 Å². The Morgan fingerprint density at radius 2 is 2.04 bits per heavy atom. The molecule has 6 nitrogen and oxygen atoms in total. The van der Waals surface area contributed by atoms with Crippen molar-refractivity contribution in [1.82, 2.24) is 9.55 Å². The molecule has 118 valence electrons. The summed E-state index contributed by atoms with van der Waals surface area (Å²) in [6, 6.07) is 8.67. The molecule has 1 aromatic carbocycles. The molecule has 0 saturated carbocycles. The maximum atomic E-state index is 12.6. The fourth-order valence-corrected chi connectivity index (χ4v) is 3.25. The Morgan fingerprint density at radius 3 is 2.75 bits per heavy atom. The third-order valence-corrected chi connectivity index (χ3v) is 4.47. The van der Waals surface area contributed by atoms with Gasteiger partial charge >= 0.3 is 0 Å². The second-order valence-electron chi connectivity index (χ2n) is 5.98. The number of ketones is 1. The fraction of sp³-hybridized carbons (Fsp3) is 0.167. The van der Waals surface area contributed by atoms with Crippen LogP contribution in [0.25, 0.3) is 22.3 Å². The zero-order chi connectivity index (χ0) is 17.0. The number of aromatic nitrogens is 2. The molecule has 0 fully saturated rings. The molecule has 0 atom stereocenters. The zero-order valence-corrected chi connectivity index (χ0v) is 13.2. The number of nitrogens with zero attached hydrogens (tertiary/aromatic N) is 3. The average molecular weight is 319 g/mol. The van der Waals surface area contributed by atoms with Gasteiger partial charge in [0.2, 0.25) is 0 Å². The van der Waals surface area contributed by atoms with Crippen LogP contribution < -0.4 is 5.56 Å². The third kappa shape index (κ3) is 1.93. The quantitative estimate of drug-likeness (QED) is 0.419. The van der Waals surface area contributed by atoms with Crippen molar-refractivity contribution < 1.29 is 4.79 Å². The van der Waals surface area contributed by atoms with Crippen LogP contribution in [0.4, 0.5) is 5.69 Å². The van der Waals surface area contributed by atoms with E-state index in [4.69, 9.17) is 0 Å². The zero-order valence-electron chi connectivity index (χ0n) is 13.2. The molecule has 0 spiro atoms. The average Bonchev–Trinajstić information content (AvgIpc) is 2.92. The molecule has 0 bridgehead atoms. The lowest BCUT2D eigenvalue weighted by atomic mass is 10.0. The van der Waals surface area contributed by atoms with Gasteiger partial charge in [-0.05, 0) is 49.4 Å². The van der Waals surface area contributed by atoms with Crippen molar-refractivity contribution in [3.63, 3.8) is 0 Å². The van der Waals surface area contributed by atoms with Gasteiger partial charge in [-0.15, -0.1) is 4.91 Å². The Bertz CT molecular complexity index is 1110. The third-order valence-electron chi connectivity index (χ3n) is 4.47. The Balaban J connectivity index is 2.01. The Labute approximate surface area is 136 Å². The number of carbonyl (C=O) groups is 1. The highest BCUT2D eigenvalue weighted by molar-refractivity contribution is 5.97. The molecular weight excluding hydrogens is 306 g/mol. The van der Waals surface area contributed by atoms with Gasteiger partial charge in [-0.1, -0.05) is 0 Å². The first-order chi connectivity index (χ1) is 11.5. The van der Waals surface area contributed by atoms with Gasteiger partial charge in [-0.2, -0.15) is 0 Å². The van der Waals surface area contributed by atoms with E-state index in [1.165, 1.54) is 6.92 Å². The molecule has 0 saturated heterocycles. The molecule has 2 aromatic heterocycles. The van der Waals surface area contributed by atoms with Gasteiger partial charge in [0.05, 0.1) is 23.4 Å². The second-order valence-corrected chi connectivity index (χ2v) is 5.98. The molecule has 0 unspecified atom stereocenters. The molecule has 4 rings (SSSR count). The topological polar surface area (TPSA) is 81.4 Å². The van der Waals surface area contributed by atoms with Crippen LogP contribution in [0.3, 0.4) is 0 Å². The van der Waals surface area contributed by atoms with E-state index in [1.807, 2.05) is 6.07 Å². The molecule has 0 N–H and O–H groups in total. The van der Waals surface area contributed by atoms with Crippen LogP contribution in [0.1, 0.15) is 28.4 Å². The summed E-state index contributed by atoms with van der Waals surface area (Å²) >= 11 is 0. The highest BCUT2D eigenvalue weighted by Crippen LogP contribution is 2.33. The molecule has 0 amide bonds. The van der Waals surface area contributed by atoms with E-state index in [0.717, 1.165) is 10.9 Å². The van der Waals surface area contributed by atoms with Crippen molar-refractivity contribution in [2.45, 2.75) is 20.4 Å². The summed E-state index contributed by atoms with van der Waals surface area (Å²) in [6.45, 7) is 3.53. The van der Waals surface area contributed by atoms with Crippen LogP contribution in [-0.4, -0.2) is 15.3 Å². The summed E-state index contributed by atoms with van der Waals surface area (Å²) < 4.78 is 1.64. The predicted molar refractivity (Wildman–Crippen MR) is 90.7 cm³/mol. The standard InChI is InChI=1S/C18H13N3O3/c1-9-14(10(2)22)7-16-17-12(8-21(16)18(9)23)5-11-6-13(20-24)3-4-15(11)19-17/h3-7H,8H2,1-2H3. The lowest BCUT2D eigenvalue weighted by molar-refractivity contribution is 0.101. The number of hydrogen-bond donors (Lipinski definition) is 0. The number of Topliss-reactive ketones (excluding diaryl/α,β-unsaturated/α-hetero) is 1. The molecule has 1 aliphatic heterocycles. The van der Waals surface area contributed by atoms with Crippen LogP contribution in [-0.2, 0) is 6.54 Å². The van der Waals surface area contributed by atoms with Gasteiger partial charge in [0.15, 0.2) is 5.78 Å². The van der Waals surface area contributed by atoms with Crippen LogP contribution in [0.5, 0.6) is 0 Å². The summed E-state index contributed by atoms with van der Waals surface area (Å²) in [5.74, 6) is -0.135. The van der Waals surface area contributed by atoms with Crippen molar-refractivity contribution in [1.29, 1.82) is 0 Å². The smallest absolute Gasteiger partial charge is 0.255 e. The van der Waals surface area contributed by atoms with E-state index in [1.54, 1.807) is 35.8 Å². The molecular formula is C18H13N3O3. The van der Waals surface area contributed by atoms with Gasteiger partial charge in [-0.25, -0.2) is 4.98 Å². The highest BCUT2D eigenvalue weighted by atomic mass is 16.3. The molecule has 3 aromatic rings. The first-order valence-electron chi connectivity index (χ1n) is 7.52. The van der Waals surface area contributed by atoms with E-state index >= 15 is 0 Å². The molecule has 0 aliphatic carbocycles. The Morgan fingerprint density at radius 1 is 1.25 bits per heavy atom. The molecule has 24 heavy (non-hydrogen) atoms. The molecule has 6 heteroatoms. The van der Waals surface area contributed by atoms with Gasteiger partial charge < -0.3 is 4.57 Å². The number of carbonyl (C=O) groups excluding carboxylic acids is 1. The first kappa shape index (κ1) is 14.4. The summed E-state index contributed by atoms with van der Waals surface area (Å²) in [7, 11) is 0. The lowest BCUT2D eigenvalue weighted by Crippen LogP contribution is -2.23. The van der Waals surface area contributed by atoms with Crippen molar-refractivity contribution in [3.05, 3.63) is 62.3 Å². The first-order valence-corrected chi connectivity index (χ1v) is 7.52. The lowest BCUT2D eigenvalue weighted by Gasteiger charge is -2.08. The van der Waals surface area contributed by atoms with Crippen LogP contribution in [0.15, 0.2) is 40.3 Å². The van der Waals surface area contributed by atoms with Gasteiger partial charge in [0.1, 0.15) is 5.69 Å².